The second kappa shape index (κ2) is 4.51. The Morgan fingerprint density at radius 2 is 2.38 bits per heavy atom. The average molecular weight is 285 g/mol. The van der Waals surface area contributed by atoms with Crippen molar-refractivity contribution in [1.29, 1.82) is 0 Å². The number of rotatable bonds is 3. The van der Waals surface area contributed by atoms with Gasteiger partial charge in [0.15, 0.2) is 0 Å². The molecule has 0 radical (unpaired) electrons. The fourth-order valence-corrected chi connectivity index (χ4v) is 2.17. The number of aromatic nitrogens is 1. The summed E-state index contributed by atoms with van der Waals surface area (Å²) < 4.78 is 0.933. The highest BCUT2D eigenvalue weighted by molar-refractivity contribution is 9.10. The molecule has 1 aromatic rings. The lowest BCUT2D eigenvalue weighted by Gasteiger charge is -2.16. The van der Waals surface area contributed by atoms with Gasteiger partial charge in [0, 0.05) is 23.2 Å². The molecular weight excluding hydrogens is 272 g/mol. The summed E-state index contributed by atoms with van der Waals surface area (Å²) in [4.78, 5) is 17.8. The molecule has 1 N–H and O–H groups in total. The standard InChI is InChI=1S/C11H13BrN2O2/c1-7-9(12)5-8-6-10(16)14(3-2-4-15)11(8)13-7/h5,15H,2-4,6H2,1H3. The minimum Gasteiger partial charge on any atom is -0.396 e. The summed E-state index contributed by atoms with van der Waals surface area (Å²) >= 11 is 3.41. The highest BCUT2D eigenvalue weighted by Gasteiger charge is 2.28. The minimum atomic E-state index is 0.0634. The summed E-state index contributed by atoms with van der Waals surface area (Å²) in [6.45, 7) is 2.53. The molecule has 86 valence electrons. The molecule has 0 atom stereocenters. The molecule has 1 aromatic heterocycles. The van der Waals surface area contributed by atoms with E-state index in [0.29, 0.717) is 19.4 Å². The van der Waals surface area contributed by atoms with Crippen molar-refractivity contribution in [1.82, 2.24) is 4.98 Å². The fraction of sp³-hybridized carbons (Fsp3) is 0.455. The van der Waals surface area contributed by atoms with E-state index in [2.05, 4.69) is 20.9 Å². The van der Waals surface area contributed by atoms with Crippen LogP contribution >= 0.6 is 15.9 Å². The second-order valence-corrected chi connectivity index (χ2v) is 4.69. The van der Waals surface area contributed by atoms with Gasteiger partial charge >= 0.3 is 0 Å². The molecule has 0 spiro atoms. The number of carbonyl (C=O) groups excluding carboxylic acids is 1. The maximum Gasteiger partial charge on any atom is 0.232 e. The van der Waals surface area contributed by atoms with Crippen LogP contribution in [0.25, 0.3) is 0 Å². The maximum absolute atomic E-state index is 11.7. The number of fused-ring (bicyclic) bond motifs is 1. The van der Waals surface area contributed by atoms with Crippen LogP contribution in [0.3, 0.4) is 0 Å². The van der Waals surface area contributed by atoms with Gasteiger partial charge in [-0.1, -0.05) is 0 Å². The van der Waals surface area contributed by atoms with E-state index < -0.39 is 0 Å². The van der Waals surface area contributed by atoms with E-state index in [1.54, 1.807) is 4.90 Å². The molecule has 0 saturated carbocycles. The fourth-order valence-electron chi connectivity index (χ4n) is 1.81. The number of aliphatic hydroxyl groups excluding tert-OH is 1. The van der Waals surface area contributed by atoms with Crippen molar-refractivity contribution in [3.8, 4) is 0 Å². The van der Waals surface area contributed by atoms with Gasteiger partial charge in [-0.05, 0) is 35.3 Å². The first-order valence-corrected chi connectivity index (χ1v) is 6.00. The van der Waals surface area contributed by atoms with Crippen molar-refractivity contribution in [2.24, 2.45) is 0 Å². The molecule has 4 nitrogen and oxygen atoms in total. The van der Waals surface area contributed by atoms with Crippen LogP contribution in [0.1, 0.15) is 17.7 Å². The topological polar surface area (TPSA) is 53.4 Å². The Morgan fingerprint density at radius 3 is 3.06 bits per heavy atom. The van der Waals surface area contributed by atoms with Gasteiger partial charge in [0.25, 0.3) is 0 Å². The SMILES string of the molecule is Cc1nc2c(cc1Br)CC(=O)N2CCCO. The summed E-state index contributed by atoms with van der Waals surface area (Å²) in [6.07, 6.45) is 0.995. The first-order chi connectivity index (χ1) is 7.63. The molecule has 16 heavy (non-hydrogen) atoms. The van der Waals surface area contributed by atoms with Crippen molar-refractivity contribution >= 4 is 27.7 Å². The van der Waals surface area contributed by atoms with Gasteiger partial charge < -0.3 is 5.11 Å². The van der Waals surface area contributed by atoms with E-state index in [4.69, 9.17) is 5.11 Å². The highest BCUT2D eigenvalue weighted by atomic mass is 79.9. The van der Waals surface area contributed by atoms with Crippen molar-refractivity contribution in [3.05, 3.63) is 21.8 Å². The number of anilines is 1. The Morgan fingerprint density at radius 1 is 1.62 bits per heavy atom. The van der Waals surface area contributed by atoms with E-state index in [1.807, 2.05) is 13.0 Å². The lowest BCUT2D eigenvalue weighted by Crippen LogP contribution is -2.29. The predicted molar refractivity (Wildman–Crippen MR) is 64.4 cm³/mol. The maximum atomic E-state index is 11.7. The van der Waals surface area contributed by atoms with Crippen LogP contribution in [0.4, 0.5) is 5.82 Å². The largest absolute Gasteiger partial charge is 0.396 e. The zero-order chi connectivity index (χ0) is 11.7. The third-order valence-corrected chi connectivity index (χ3v) is 3.45. The summed E-state index contributed by atoms with van der Waals surface area (Å²) in [7, 11) is 0. The number of carbonyl (C=O) groups is 1. The average Bonchev–Trinajstić information content (AvgIpc) is 2.52. The van der Waals surface area contributed by atoms with E-state index in [-0.39, 0.29) is 12.5 Å². The van der Waals surface area contributed by atoms with E-state index >= 15 is 0 Å². The smallest absolute Gasteiger partial charge is 0.232 e. The van der Waals surface area contributed by atoms with Gasteiger partial charge in [0.2, 0.25) is 5.91 Å². The van der Waals surface area contributed by atoms with Gasteiger partial charge in [-0.15, -0.1) is 0 Å². The summed E-state index contributed by atoms with van der Waals surface area (Å²) in [5, 5.41) is 8.79. The Hall–Kier alpha value is -0.940. The van der Waals surface area contributed by atoms with Crippen molar-refractivity contribution in [3.63, 3.8) is 0 Å². The minimum absolute atomic E-state index is 0.0634. The molecule has 0 aromatic carbocycles. The summed E-state index contributed by atoms with van der Waals surface area (Å²) in [6, 6.07) is 1.95. The molecule has 1 aliphatic heterocycles. The number of halogens is 1. The van der Waals surface area contributed by atoms with Gasteiger partial charge in [-0.2, -0.15) is 0 Å². The lowest BCUT2D eigenvalue weighted by molar-refractivity contribution is -0.117. The van der Waals surface area contributed by atoms with Crippen molar-refractivity contribution < 1.29 is 9.90 Å². The number of pyridine rings is 1. The number of aryl methyl sites for hydroxylation is 1. The van der Waals surface area contributed by atoms with Crippen LogP contribution < -0.4 is 4.90 Å². The molecule has 0 aliphatic carbocycles. The number of nitrogens with zero attached hydrogens (tertiary/aromatic N) is 2. The van der Waals surface area contributed by atoms with Crippen LogP contribution in [0, 0.1) is 6.92 Å². The Labute approximate surface area is 102 Å². The zero-order valence-electron chi connectivity index (χ0n) is 9.03. The first-order valence-electron chi connectivity index (χ1n) is 5.20. The Kier molecular flexibility index (Phi) is 3.25. The molecule has 0 saturated heterocycles. The van der Waals surface area contributed by atoms with Gasteiger partial charge in [-0.25, -0.2) is 4.98 Å². The number of hydrogen-bond acceptors (Lipinski definition) is 3. The Balaban J connectivity index is 2.33. The van der Waals surface area contributed by atoms with Crippen LogP contribution in [0.2, 0.25) is 0 Å². The monoisotopic (exact) mass is 284 g/mol. The number of amides is 1. The van der Waals surface area contributed by atoms with Crippen molar-refractivity contribution in [2.75, 3.05) is 18.1 Å². The molecule has 5 heteroatoms. The quantitative estimate of drug-likeness (QED) is 0.914. The Bertz CT molecular complexity index is 434. The van der Waals surface area contributed by atoms with Crippen LogP contribution in [0.15, 0.2) is 10.5 Å². The van der Waals surface area contributed by atoms with Gasteiger partial charge in [0.1, 0.15) is 5.82 Å². The molecule has 0 bridgehead atoms. The third-order valence-electron chi connectivity index (χ3n) is 2.65. The number of hydrogen-bond donors (Lipinski definition) is 1. The lowest BCUT2D eigenvalue weighted by atomic mass is 10.2. The first kappa shape index (κ1) is 11.5. The number of aliphatic hydroxyl groups is 1. The molecule has 2 heterocycles. The molecule has 0 unspecified atom stereocenters. The van der Waals surface area contributed by atoms with Gasteiger partial charge in [0.05, 0.1) is 12.1 Å². The normalized spacial score (nSPS) is 14.4. The van der Waals surface area contributed by atoms with E-state index in [1.165, 1.54) is 0 Å². The summed E-state index contributed by atoms with van der Waals surface area (Å²) in [5.41, 5.74) is 1.84. The third kappa shape index (κ3) is 1.97. The van der Waals surface area contributed by atoms with E-state index in [0.717, 1.165) is 21.5 Å². The molecule has 1 amide bonds. The van der Waals surface area contributed by atoms with Gasteiger partial charge in [-0.3, -0.25) is 9.69 Å². The van der Waals surface area contributed by atoms with Crippen LogP contribution in [-0.4, -0.2) is 29.1 Å². The second-order valence-electron chi connectivity index (χ2n) is 3.84. The molecule has 2 rings (SSSR count). The summed E-state index contributed by atoms with van der Waals surface area (Å²) in [5.74, 6) is 0.813. The molecular formula is C11H13BrN2O2. The predicted octanol–water partition coefficient (Wildman–Crippen LogP) is 1.42. The van der Waals surface area contributed by atoms with Crippen LogP contribution in [-0.2, 0) is 11.2 Å². The van der Waals surface area contributed by atoms with Crippen LogP contribution in [0.5, 0.6) is 0 Å². The molecule has 1 aliphatic rings. The van der Waals surface area contributed by atoms with E-state index in [9.17, 15) is 4.79 Å². The van der Waals surface area contributed by atoms with Crippen molar-refractivity contribution in [2.45, 2.75) is 19.8 Å². The highest BCUT2D eigenvalue weighted by Crippen LogP contribution is 2.30. The molecule has 0 fully saturated rings. The zero-order valence-corrected chi connectivity index (χ0v) is 10.6.